The van der Waals surface area contributed by atoms with E-state index in [0.29, 0.717) is 6.54 Å². The van der Waals surface area contributed by atoms with E-state index in [4.69, 9.17) is 0 Å². The standard InChI is InChI=1S/C18H21F2N3OS/c1-22-6-8-23(9-7-22)16(13-5-10-25-12-13)11-21-18(24)17-14(19)3-2-4-15(17)20/h2-5,10,12,16H,6-9,11H2,1H3,(H,21,24)/t16-/m0/s1. The van der Waals surface area contributed by atoms with Gasteiger partial charge < -0.3 is 10.2 Å². The van der Waals surface area contributed by atoms with Gasteiger partial charge in [-0.2, -0.15) is 11.3 Å². The summed E-state index contributed by atoms with van der Waals surface area (Å²) in [6.07, 6.45) is 0. The SMILES string of the molecule is CN1CCN([C@@H](CNC(=O)c2c(F)cccc2F)c2ccsc2)CC1. The molecule has 1 aliphatic heterocycles. The molecule has 0 aliphatic carbocycles. The highest BCUT2D eigenvalue weighted by molar-refractivity contribution is 7.07. The first-order valence-electron chi connectivity index (χ1n) is 8.23. The molecule has 1 aromatic carbocycles. The smallest absolute Gasteiger partial charge is 0.257 e. The Morgan fingerprint density at radius 3 is 2.48 bits per heavy atom. The number of likely N-dealkylation sites (N-methyl/N-ethyl adjacent to an activating group) is 1. The molecule has 2 heterocycles. The normalized spacial score (nSPS) is 17.4. The first-order chi connectivity index (χ1) is 12.1. The molecule has 1 atom stereocenters. The molecular weight excluding hydrogens is 344 g/mol. The number of rotatable bonds is 5. The molecule has 2 aromatic rings. The highest BCUT2D eigenvalue weighted by Crippen LogP contribution is 2.24. The third-order valence-corrected chi connectivity index (χ3v) is 5.25. The molecule has 134 valence electrons. The van der Waals surface area contributed by atoms with E-state index in [1.165, 1.54) is 6.07 Å². The van der Waals surface area contributed by atoms with Gasteiger partial charge in [-0.3, -0.25) is 9.69 Å². The van der Waals surface area contributed by atoms with Crippen molar-refractivity contribution >= 4 is 17.2 Å². The summed E-state index contributed by atoms with van der Waals surface area (Å²) in [5.74, 6) is -2.40. The number of thiophene rings is 1. The Hall–Kier alpha value is -1.83. The second-order valence-corrected chi connectivity index (χ2v) is 7.00. The van der Waals surface area contributed by atoms with Crippen LogP contribution in [-0.2, 0) is 0 Å². The first-order valence-corrected chi connectivity index (χ1v) is 9.17. The summed E-state index contributed by atoms with van der Waals surface area (Å²) in [7, 11) is 2.08. The van der Waals surface area contributed by atoms with Crippen LogP contribution in [0.15, 0.2) is 35.0 Å². The van der Waals surface area contributed by atoms with Gasteiger partial charge in [-0.25, -0.2) is 8.78 Å². The maximum Gasteiger partial charge on any atom is 0.257 e. The Balaban J connectivity index is 1.72. The lowest BCUT2D eigenvalue weighted by molar-refractivity contribution is 0.0879. The van der Waals surface area contributed by atoms with Crippen LogP contribution in [0.3, 0.4) is 0 Å². The Kier molecular flexibility index (Phi) is 5.78. The summed E-state index contributed by atoms with van der Waals surface area (Å²) in [4.78, 5) is 16.8. The highest BCUT2D eigenvalue weighted by atomic mass is 32.1. The lowest BCUT2D eigenvalue weighted by Crippen LogP contribution is -2.48. The minimum atomic E-state index is -0.843. The molecule has 25 heavy (non-hydrogen) atoms. The molecule has 0 saturated carbocycles. The van der Waals surface area contributed by atoms with E-state index in [-0.39, 0.29) is 6.04 Å². The molecule has 0 spiro atoms. The van der Waals surface area contributed by atoms with E-state index in [1.807, 2.05) is 11.4 Å². The largest absolute Gasteiger partial charge is 0.350 e. The topological polar surface area (TPSA) is 35.6 Å². The maximum absolute atomic E-state index is 13.8. The Morgan fingerprint density at radius 2 is 1.88 bits per heavy atom. The van der Waals surface area contributed by atoms with Crippen LogP contribution in [0.1, 0.15) is 22.0 Å². The molecule has 3 rings (SSSR count). The average Bonchev–Trinajstić information content (AvgIpc) is 3.11. The van der Waals surface area contributed by atoms with Crippen LogP contribution in [0.4, 0.5) is 8.78 Å². The summed E-state index contributed by atoms with van der Waals surface area (Å²) in [6, 6.07) is 5.46. The van der Waals surface area contributed by atoms with Crippen molar-refractivity contribution in [3.05, 3.63) is 57.8 Å². The molecule has 1 aliphatic rings. The quantitative estimate of drug-likeness (QED) is 0.885. The third kappa shape index (κ3) is 4.23. The van der Waals surface area contributed by atoms with E-state index in [9.17, 15) is 13.6 Å². The average molecular weight is 365 g/mol. The van der Waals surface area contributed by atoms with Crippen molar-refractivity contribution in [1.29, 1.82) is 0 Å². The summed E-state index contributed by atoms with van der Waals surface area (Å²) < 4.78 is 27.6. The second kappa shape index (κ2) is 8.03. The van der Waals surface area contributed by atoms with Crippen LogP contribution in [0.25, 0.3) is 0 Å². The lowest BCUT2D eigenvalue weighted by Gasteiger charge is -2.38. The Morgan fingerprint density at radius 1 is 1.20 bits per heavy atom. The fraction of sp³-hybridized carbons (Fsp3) is 0.389. The molecule has 1 aromatic heterocycles. The van der Waals surface area contributed by atoms with Gasteiger partial charge in [0.1, 0.15) is 17.2 Å². The number of benzene rings is 1. The monoisotopic (exact) mass is 365 g/mol. The minimum absolute atomic E-state index is 0.00117. The van der Waals surface area contributed by atoms with Crippen LogP contribution in [0, 0.1) is 11.6 Å². The van der Waals surface area contributed by atoms with Gasteiger partial charge in [0, 0.05) is 32.7 Å². The number of hydrogen-bond donors (Lipinski definition) is 1. The first kappa shape index (κ1) is 18.0. The number of piperazine rings is 1. The van der Waals surface area contributed by atoms with Gasteiger partial charge in [-0.15, -0.1) is 0 Å². The van der Waals surface area contributed by atoms with Crippen LogP contribution >= 0.6 is 11.3 Å². The second-order valence-electron chi connectivity index (χ2n) is 6.22. The number of nitrogens with one attached hydrogen (secondary N) is 1. The molecule has 1 amide bonds. The molecule has 0 unspecified atom stereocenters. The van der Waals surface area contributed by atoms with Crippen molar-refractivity contribution < 1.29 is 13.6 Å². The zero-order valence-corrected chi connectivity index (χ0v) is 14.9. The number of amides is 1. The van der Waals surface area contributed by atoms with E-state index in [1.54, 1.807) is 11.3 Å². The zero-order chi connectivity index (χ0) is 17.8. The van der Waals surface area contributed by atoms with Crippen LogP contribution in [-0.4, -0.2) is 55.5 Å². The van der Waals surface area contributed by atoms with E-state index in [2.05, 4.69) is 27.5 Å². The summed E-state index contributed by atoms with van der Waals surface area (Å²) in [5.41, 5.74) is 0.591. The highest BCUT2D eigenvalue weighted by Gasteiger charge is 2.26. The van der Waals surface area contributed by atoms with E-state index in [0.717, 1.165) is 43.9 Å². The van der Waals surface area contributed by atoms with E-state index >= 15 is 0 Å². The van der Waals surface area contributed by atoms with Gasteiger partial charge in [0.05, 0.1) is 6.04 Å². The van der Waals surface area contributed by atoms with Crippen molar-refractivity contribution in [3.63, 3.8) is 0 Å². The predicted octanol–water partition coefficient (Wildman–Crippen LogP) is 2.74. The number of carbonyl (C=O) groups is 1. The Labute approximate surface area is 150 Å². The number of nitrogens with zero attached hydrogens (tertiary/aromatic N) is 2. The van der Waals surface area contributed by atoms with Gasteiger partial charge in [0.2, 0.25) is 0 Å². The Bertz CT molecular complexity index is 695. The molecule has 0 bridgehead atoms. The van der Waals surface area contributed by atoms with Gasteiger partial charge >= 0.3 is 0 Å². The molecule has 4 nitrogen and oxygen atoms in total. The maximum atomic E-state index is 13.8. The predicted molar refractivity (Wildman–Crippen MR) is 94.8 cm³/mol. The fourth-order valence-electron chi connectivity index (χ4n) is 3.05. The van der Waals surface area contributed by atoms with Crippen LogP contribution in [0.5, 0.6) is 0 Å². The molecule has 0 radical (unpaired) electrons. The minimum Gasteiger partial charge on any atom is -0.350 e. The van der Waals surface area contributed by atoms with Gasteiger partial charge in [0.15, 0.2) is 0 Å². The van der Waals surface area contributed by atoms with Gasteiger partial charge in [-0.05, 0) is 41.6 Å². The third-order valence-electron chi connectivity index (χ3n) is 4.55. The number of hydrogen-bond acceptors (Lipinski definition) is 4. The summed E-state index contributed by atoms with van der Waals surface area (Å²) >= 11 is 1.60. The van der Waals surface area contributed by atoms with Crippen LogP contribution in [0.2, 0.25) is 0 Å². The van der Waals surface area contributed by atoms with Crippen molar-refractivity contribution in [1.82, 2.24) is 15.1 Å². The number of carbonyl (C=O) groups excluding carboxylic acids is 1. The molecular formula is C18H21F2N3OS. The van der Waals surface area contributed by atoms with Crippen LogP contribution < -0.4 is 5.32 Å². The molecule has 7 heteroatoms. The van der Waals surface area contributed by atoms with Crippen molar-refractivity contribution in [3.8, 4) is 0 Å². The molecule has 1 N–H and O–H groups in total. The van der Waals surface area contributed by atoms with Gasteiger partial charge in [0.25, 0.3) is 5.91 Å². The summed E-state index contributed by atoms with van der Waals surface area (Å²) in [6.45, 7) is 4.00. The number of halogens is 2. The van der Waals surface area contributed by atoms with Gasteiger partial charge in [-0.1, -0.05) is 6.07 Å². The molecule has 1 fully saturated rings. The zero-order valence-electron chi connectivity index (χ0n) is 14.0. The van der Waals surface area contributed by atoms with Crippen molar-refractivity contribution in [2.24, 2.45) is 0 Å². The lowest BCUT2D eigenvalue weighted by atomic mass is 10.1. The summed E-state index contributed by atoms with van der Waals surface area (Å²) in [5, 5.41) is 6.76. The van der Waals surface area contributed by atoms with Crippen molar-refractivity contribution in [2.75, 3.05) is 39.8 Å². The van der Waals surface area contributed by atoms with Crippen molar-refractivity contribution in [2.45, 2.75) is 6.04 Å². The molecule has 1 saturated heterocycles. The van der Waals surface area contributed by atoms with E-state index < -0.39 is 23.1 Å². The fourth-order valence-corrected chi connectivity index (χ4v) is 3.76.